The van der Waals surface area contributed by atoms with Crippen molar-refractivity contribution in [3.05, 3.63) is 12.2 Å². The van der Waals surface area contributed by atoms with E-state index in [-0.39, 0.29) is 133 Å². The third-order valence-electron chi connectivity index (χ3n) is 19.5. The first-order valence-electron chi connectivity index (χ1n) is 45.8. The summed E-state index contributed by atoms with van der Waals surface area (Å²) in [4.78, 5) is 113. The average molecular weight is 1670 g/mol. The number of hydrogen-bond acceptors (Lipinski definition) is 21. The predicted molar refractivity (Wildman–Crippen MR) is 456 cm³/mol. The number of rotatable bonds is 94. The van der Waals surface area contributed by atoms with Crippen molar-refractivity contribution in [3.8, 4) is 0 Å². The molecule has 0 radical (unpaired) electrons. The summed E-state index contributed by atoms with van der Waals surface area (Å²) in [5, 5.41) is 17.3. The number of hydrogen-bond donors (Lipinski definition) is 6. The smallest absolute Gasteiger partial charge is 0.253 e. The minimum Gasteiger partial charge on any atom is -0.381 e. The van der Waals surface area contributed by atoms with Crippen molar-refractivity contribution in [2.75, 3.05) is 217 Å². The van der Waals surface area contributed by atoms with Gasteiger partial charge in [0.2, 0.25) is 41.4 Å². The van der Waals surface area contributed by atoms with Crippen LogP contribution in [0.15, 0.2) is 12.2 Å². The molecule has 29 heteroatoms. The molecule has 1 rings (SSSR count). The molecule has 0 aliphatic carbocycles. The Morgan fingerprint density at radius 3 is 0.769 bits per heavy atom. The topological polar surface area (TPSA) is 343 Å². The SMILES string of the molecule is CCCCCCCCCCCCCCCCCC(=O)NCCCOCCNC(=O)CCOCCCNC(=O)CCOCCOCCOCCOCCN(CCOCCOCCOCCOCCC(=O)NCCCOCCCC(=O)NCCCOCCNC(=O)CCCCCCCCCCCCCCCCC)C(=O)CCN1C(=O)C=CC1=O. The van der Waals surface area contributed by atoms with Crippen LogP contribution in [0.2, 0.25) is 0 Å². The van der Waals surface area contributed by atoms with Gasteiger partial charge in [0.25, 0.3) is 11.8 Å². The Labute approximate surface area is 704 Å². The highest BCUT2D eigenvalue weighted by Crippen LogP contribution is 2.16. The first-order valence-corrected chi connectivity index (χ1v) is 45.8. The molecule has 1 heterocycles. The molecule has 6 N–H and O–H groups in total. The summed E-state index contributed by atoms with van der Waals surface area (Å²) in [6.07, 6.45) is 47.0. The molecule has 117 heavy (non-hydrogen) atoms. The zero-order valence-electron chi connectivity index (χ0n) is 73.2. The number of amides is 9. The predicted octanol–water partition coefficient (Wildman–Crippen LogP) is 11.1. The van der Waals surface area contributed by atoms with Crippen LogP contribution in [0.25, 0.3) is 0 Å². The highest BCUT2D eigenvalue weighted by Gasteiger charge is 2.25. The number of nitrogens with one attached hydrogen (secondary N) is 6. The third kappa shape index (κ3) is 80.2. The van der Waals surface area contributed by atoms with Crippen LogP contribution in [0.5, 0.6) is 0 Å². The summed E-state index contributed by atoms with van der Waals surface area (Å²) in [6.45, 7) is 16.3. The number of nitrogens with zero attached hydrogens (tertiary/aromatic N) is 2. The quantitative estimate of drug-likeness (QED) is 0.0243. The van der Waals surface area contributed by atoms with Gasteiger partial charge in [0.15, 0.2) is 0 Å². The van der Waals surface area contributed by atoms with E-state index in [9.17, 15) is 43.2 Å². The summed E-state index contributed by atoms with van der Waals surface area (Å²) in [5.41, 5.74) is 0. The second-order valence-electron chi connectivity index (χ2n) is 29.9. The largest absolute Gasteiger partial charge is 0.381 e. The van der Waals surface area contributed by atoms with Crippen LogP contribution < -0.4 is 31.9 Å². The van der Waals surface area contributed by atoms with E-state index in [4.69, 9.17) is 56.8 Å². The van der Waals surface area contributed by atoms with Gasteiger partial charge >= 0.3 is 0 Å². The van der Waals surface area contributed by atoms with Crippen molar-refractivity contribution in [2.45, 2.75) is 284 Å². The van der Waals surface area contributed by atoms with Crippen LogP contribution >= 0.6 is 0 Å². The minimum atomic E-state index is -0.453. The lowest BCUT2D eigenvalue weighted by molar-refractivity contribution is -0.139. The highest BCUT2D eigenvalue weighted by atomic mass is 16.6. The molecule has 9 amide bonds. The number of unbranched alkanes of at least 4 members (excludes halogenated alkanes) is 28. The Morgan fingerprint density at radius 2 is 0.462 bits per heavy atom. The molecule has 0 aromatic carbocycles. The Bertz CT molecular complexity index is 2370. The van der Waals surface area contributed by atoms with E-state index in [2.05, 4.69) is 45.7 Å². The summed E-state index contributed by atoms with van der Waals surface area (Å²) in [6, 6.07) is 0. The molecule has 0 fully saturated rings. The molecule has 0 saturated carbocycles. The molecule has 0 saturated heterocycles. The fourth-order valence-electron chi connectivity index (χ4n) is 12.5. The molecule has 29 nitrogen and oxygen atoms in total. The molecular weight excluding hydrogens is 1510 g/mol. The number of carbonyl (C=O) groups excluding carboxylic acids is 9. The van der Waals surface area contributed by atoms with E-state index in [1.165, 1.54) is 179 Å². The van der Waals surface area contributed by atoms with Gasteiger partial charge in [-0.15, -0.1) is 0 Å². The van der Waals surface area contributed by atoms with Crippen molar-refractivity contribution >= 4 is 53.2 Å². The van der Waals surface area contributed by atoms with Crippen molar-refractivity contribution in [2.24, 2.45) is 0 Å². The maximum atomic E-state index is 13.2. The van der Waals surface area contributed by atoms with Crippen LogP contribution in [-0.4, -0.2) is 280 Å². The average Bonchev–Trinajstić information content (AvgIpc) is 1.74. The summed E-state index contributed by atoms with van der Waals surface area (Å²) >= 11 is 0. The molecule has 1 aliphatic heterocycles. The molecular formula is C88H164N8O21. The van der Waals surface area contributed by atoms with Crippen LogP contribution in [0.4, 0.5) is 0 Å². The van der Waals surface area contributed by atoms with Gasteiger partial charge in [0.1, 0.15) is 0 Å². The van der Waals surface area contributed by atoms with Crippen molar-refractivity contribution < 1.29 is 100.0 Å². The lowest BCUT2D eigenvalue weighted by Gasteiger charge is -2.24. The summed E-state index contributed by atoms with van der Waals surface area (Å²) in [7, 11) is 0. The van der Waals surface area contributed by atoms with Crippen LogP contribution in [0.1, 0.15) is 284 Å². The van der Waals surface area contributed by atoms with E-state index in [0.717, 1.165) is 37.0 Å². The van der Waals surface area contributed by atoms with Crippen molar-refractivity contribution in [1.29, 1.82) is 0 Å². The van der Waals surface area contributed by atoms with Gasteiger partial charge in [-0.1, -0.05) is 194 Å². The zero-order chi connectivity index (χ0) is 84.5. The van der Waals surface area contributed by atoms with Crippen LogP contribution in [-0.2, 0) is 100.0 Å². The normalized spacial score (nSPS) is 12.0. The van der Waals surface area contributed by atoms with Gasteiger partial charge in [-0.3, -0.25) is 48.1 Å². The molecule has 1 aliphatic rings. The second kappa shape index (κ2) is 88.5. The molecule has 0 aromatic heterocycles. The van der Waals surface area contributed by atoms with Crippen molar-refractivity contribution in [1.82, 2.24) is 41.7 Å². The summed E-state index contributed by atoms with van der Waals surface area (Å²) in [5.74, 6) is -1.37. The molecule has 0 spiro atoms. The van der Waals surface area contributed by atoms with Gasteiger partial charge < -0.3 is 93.6 Å². The fraction of sp³-hybridized carbons (Fsp3) is 0.875. The maximum Gasteiger partial charge on any atom is 0.253 e. The molecule has 0 unspecified atom stereocenters. The Kier molecular flexibility index (Phi) is 83.0. The molecule has 0 bridgehead atoms. The maximum absolute atomic E-state index is 13.2. The second-order valence-corrected chi connectivity index (χ2v) is 29.9. The molecule has 0 aromatic rings. The molecule has 682 valence electrons. The highest BCUT2D eigenvalue weighted by molar-refractivity contribution is 6.13. The Morgan fingerprint density at radius 1 is 0.239 bits per heavy atom. The van der Waals surface area contributed by atoms with Gasteiger partial charge in [-0.25, -0.2) is 0 Å². The van der Waals surface area contributed by atoms with Gasteiger partial charge in [-0.05, 0) is 44.9 Å². The van der Waals surface area contributed by atoms with Gasteiger partial charge in [0, 0.05) is 149 Å². The van der Waals surface area contributed by atoms with E-state index in [1.807, 2.05) is 0 Å². The fourth-order valence-corrected chi connectivity index (χ4v) is 12.5. The van der Waals surface area contributed by atoms with E-state index in [1.54, 1.807) is 4.90 Å². The van der Waals surface area contributed by atoms with Gasteiger partial charge in [0.05, 0.1) is 126 Å². The number of ether oxygens (including phenoxy) is 12. The Hall–Kier alpha value is -5.31. The van der Waals surface area contributed by atoms with Crippen LogP contribution in [0, 0.1) is 0 Å². The van der Waals surface area contributed by atoms with Gasteiger partial charge in [-0.2, -0.15) is 0 Å². The third-order valence-corrected chi connectivity index (χ3v) is 19.5. The first-order chi connectivity index (χ1) is 57.5. The number of carbonyl (C=O) groups is 9. The standard InChI is InChI=1S/C88H164N8O21/c1-3-5-7-9-11-13-15-17-19-21-23-25-27-29-31-38-80(97)89-47-36-59-109-65-52-94-85(102)44-61-107-58-35-50-92-84(101)46-63-111-69-73-115-77-79-117-75-71-113-67-55-95(86(103)43-53-96-87(104)41-42-88(96)105)54-66-112-70-74-116-78-76-114-72-68-110-62-45-83(100)91-49-34-57-106-56-33-40-82(99)90-48-37-60-108-64-51-93-81(98)39-32-30-28-26-24-22-20-18-16-14-12-10-8-6-4-2/h41-42H,3-40,43-79H2,1-2H3,(H,89,97)(H,90,99)(H,91,100)(H,92,101)(H,93,98)(H,94,102). The lowest BCUT2D eigenvalue weighted by atomic mass is 10.0. The minimum absolute atomic E-state index is 0.0298. The van der Waals surface area contributed by atoms with Crippen molar-refractivity contribution in [3.63, 3.8) is 0 Å². The van der Waals surface area contributed by atoms with E-state index < -0.39 is 11.8 Å². The zero-order valence-corrected chi connectivity index (χ0v) is 73.2. The lowest BCUT2D eigenvalue weighted by Crippen LogP contribution is -2.40. The van der Waals surface area contributed by atoms with E-state index >= 15 is 0 Å². The van der Waals surface area contributed by atoms with E-state index in [0.29, 0.717) is 197 Å². The Balaban J connectivity index is 1.93. The monoisotopic (exact) mass is 1670 g/mol. The molecule has 0 atom stereocenters. The summed E-state index contributed by atoms with van der Waals surface area (Å²) < 4.78 is 67.3. The first kappa shape index (κ1) is 110. The number of imide groups is 1. The van der Waals surface area contributed by atoms with Crippen LogP contribution in [0.3, 0.4) is 0 Å².